The molecule has 1 saturated heterocycles. The number of carbonyl (C=O) groups excluding carboxylic acids is 2. The lowest BCUT2D eigenvalue weighted by molar-refractivity contribution is -0.129. The number of thioether (sulfide) groups is 1. The lowest BCUT2D eigenvalue weighted by atomic mass is 10.1. The molecule has 1 unspecified atom stereocenters. The summed E-state index contributed by atoms with van der Waals surface area (Å²) in [6.45, 7) is 5.82. The molecule has 262 valence electrons. The van der Waals surface area contributed by atoms with Crippen molar-refractivity contribution < 1.29 is 32.6 Å². The van der Waals surface area contributed by atoms with E-state index >= 15 is 0 Å². The van der Waals surface area contributed by atoms with E-state index in [1.54, 1.807) is 37.6 Å². The lowest BCUT2D eigenvalue weighted by Crippen LogP contribution is -2.49. The highest BCUT2D eigenvalue weighted by atomic mass is 79.9. The number of fused-ring (bicyclic) bond motifs is 1. The van der Waals surface area contributed by atoms with Crippen molar-refractivity contribution in [2.75, 3.05) is 58.8 Å². The number of anilines is 1. The second-order valence-electron chi connectivity index (χ2n) is 11.7. The van der Waals surface area contributed by atoms with Crippen molar-refractivity contribution in [3.05, 3.63) is 93.9 Å². The molecule has 6 rings (SSSR count). The summed E-state index contributed by atoms with van der Waals surface area (Å²) in [6.07, 6.45) is 3.82. The standard InChI is InChI=1S/C35H35BrF2N6O5S/c1-42-12-14-43(15-13-42)11-3-16-48-32-21-28-24(20-31(32)47-2)29(8-10-39-28)49-30-7-5-23(19-25(30)36)40-35(46)41-44-33(45)9-17-50-34(44)22-4-6-26(37)27(38)18-22/h4-10,17-21,34H,3,11-16H2,1-2H3,(H2,40,41,46). The minimum Gasteiger partial charge on any atom is -0.493 e. The smallest absolute Gasteiger partial charge is 0.338 e. The summed E-state index contributed by atoms with van der Waals surface area (Å²) in [5, 5.41) is 5.18. The molecule has 2 aliphatic rings. The molecule has 4 aromatic rings. The first-order chi connectivity index (χ1) is 24.2. The number of pyridine rings is 1. The Morgan fingerprint density at radius 1 is 1.00 bits per heavy atom. The Balaban J connectivity index is 1.09. The number of benzene rings is 3. The molecule has 1 fully saturated rings. The molecule has 2 N–H and O–H groups in total. The van der Waals surface area contributed by atoms with E-state index in [4.69, 9.17) is 14.2 Å². The van der Waals surface area contributed by atoms with Gasteiger partial charge in [-0.3, -0.25) is 9.78 Å². The number of nitrogens with zero attached hydrogens (tertiary/aromatic N) is 4. The van der Waals surface area contributed by atoms with Crippen molar-refractivity contribution in [2.24, 2.45) is 0 Å². The van der Waals surface area contributed by atoms with Crippen molar-refractivity contribution in [1.29, 1.82) is 0 Å². The molecule has 15 heteroatoms. The summed E-state index contributed by atoms with van der Waals surface area (Å²) >= 11 is 4.68. The van der Waals surface area contributed by atoms with Crippen LogP contribution in [0.1, 0.15) is 17.4 Å². The maximum absolute atomic E-state index is 13.9. The zero-order chi connectivity index (χ0) is 35.2. The van der Waals surface area contributed by atoms with E-state index in [2.05, 4.69) is 48.5 Å². The Bertz CT molecular complexity index is 1910. The van der Waals surface area contributed by atoms with Gasteiger partial charge in [-0.1, -0.05) is 6.07 Å². The fourth-order valence-corrected chi connectivity index (χ4v) is 6.90. The largest absolute Gasteiger partial charge is 0.493 e. The maximum atomic E-state index is 13.9. The summed E-state index contributed by atoms with van der Waals surface area (Å²) in [4.78, 5) is 34.9. The van der Waals surface area contributed by atoms with Gasteiger partial charge in [0.05, 0.1) is 23.7 Å². The third kappa shape index (κ3) is 8.46. The van der Waals surface area contributed by atoms with Crippen LogP contribution in [-0.4, -0.2) is 85.2 Å². The van der Waals surface area contributed by atoms with E-state index in [0.29, 0.717) is 50.8 Å². The average Bonchev–Trinajstić information content (AvgIpc) is 3.10. The molecule has 2 aliphatic heterocycles. The number of carbonyl (C=O) groups is 2. The van der Waals surface area contributed by atoms with Gasteiger partial charge >= 0.3 is 6.03 Å². The molecule has 0 radical (unpaired) electrons. The van der Waals surface area contributed by atoms with Gasteiger partial charge in [0.25, 0.3) is 5.91 Å². The monoisotopic (exact) mass is 768 g/mol. The molecule has 0 spiro atoms. The van der Waals surface area contributed by atoms with E-state index in [1.165, 1.54) is 17.6 Å². The van der Waals surface area contributed by atoms with E-state index < -0.39 is 28.9 Å². The molecule has 0 saturated carbocycles. The molecule has 0 aliphatic carbocycles. The molecule has 3 amide bonds. The molecule has 1 aromatic heterocycles. The van der Waals surface area contributed by atoms with Crippen molar-refractivity contribution in [3.8, 4) is 23.0 Å². The van der Waals surface area contributed by atoms with Crippen LogP contribution < -0.4 is 25.0 Å². The first-order valence-corrected chi connectivity index (χ1v) is 17.6. The Kier molecular flexibility index (Phi) is 11.4. The van der Waals surface area contributed by atoms with Crippen LogP contribution in [0.4, 0.5) is 19.3 Å². The zero-order valence-corrected chi connectivity index (χ0v) is 29.7. The first kappa shape index (κ1) is 35.4. The Morgan fingerprint density at radius 3 is 2.58 bits per heavy atom. The molecule has 3 heterocycles. The van der Waals surface area contributed by atoms with Crippen LogP contribution in [0.5, 0.6) is 23.0 Å². The van der Waals surface area contributed by atoms with Gasteiger partial charge in [0.1, 0.15) is 16.9 Å². The number of urea groups is 1. The summed E-state index contributed by atoms with van der Waals surface area (Å²) in [5.41, 5.74) is 3.88. The number of hydrogen-bond acceptors (Lipinski definition) is 9. The van der Waals surface area contributed by atoms with Gasteiger partial charge in [0.15, 0.2) is 23.1 Å². The summed E-state index contributed by atoms with van der Waals surface area (Å²) < 4.78 is 46.0. The number of hydrogen-bond donors (Lipinski definition) is 2. The number of ether oxygens (including phenoxy) is 3. The number of piperazine rings is 1. The highest BCUT2D eigenvalue weighted by Crippen LogP contribution is 2.40. The minimum absolute atomic E-state index is 0.304. The predicted octanol–water partition coefficient (Wildman–Crippen LogP) is 6.92. The fraction of sp³-hybridized carbons (Fsp3) is 0.286. The fourth-order valence-electron chi connectivity index (χ4n) is 5.52. The van der Waals surface area contributed by atoms with Gasteiger partial charge in [-0.05, 0) is 82.8 Å². The van der Waals surface area contributed by atoms with Crippen LogP contribution >= 0.6 is 27.7 Å². The van der Waals surface area contributed by atoms with Gasteiger partial charge in [0.2, 0.25) is 0 Å². The highest BCUT2D eigenvalue weighted by Gasteiger charge is 2.29. The quantitative estimate of drug-likeness (QED) is 0.157. The average molecular weight is 770 g/mol. The van der Waals surface area contributed by atoms with Crippen LogP contribution in [0.3, 0.4) is 0 Å². The normalized spacial score (nSPS) is 16.8. The van der Waals surface area contributed by atoms with Crippen molar-refractivity contribution >= 4 is 56.2 Å². The van der Waals surface area contributed by atoms with Gasteiger partial charge in [0, 0.05) is 62.1 Å². The molecule has 1 atom stereocenters. The molecular weight excluding hydrogens is 734 g/mol. The summed E-state index contributed by atoms with van der Waals surface area (Å²) in [5.74, 6) is -0.418. The minimum atomic E-state index is -1.05. The summed E-state index contributed by atoms with van der Waals surface area (Å²) in [6, 6.07) is 13.0. The highest BCUT2D eigenvalue weighted by molar-refractivity contribution is 9.10. The van der Waals surface area contributed by atoms with Crippen LogP contribution in [0.25, 0.3) is 10.9 Å². The molecule has 0 bridgehead atoms. The second-order valence-corrected chi connectivity index (χ2v) is 13.5. The Labute approximate surface area is 300 Å². The van der Waals surface area contributed by atoms with Gasteiger partial charge in [-0.25, -0.2) is 24.0 Å². The Hall–Kier alpha value is -4.44. The number of aromatic nitrogens is 1. The van der Waals surface area contributed by atoms with Crippen LogP contribution in [0.2, 0.25) is 0 Å². The van der Waals surface area contributed by atoms with E-state index in [1.807, 2.05) is 12.1 Å². The number of hydrazine groups is 1. The maximum Gasteiger partial charge on any atom is 0.338 e. The third-order valence-electron chi connectivity index (χ3n) is 8.21. The van der Waals surface area contributed by atoms with Gasteiger partial charge in [-0.2, -0.15) is 0 Å². The number of methoxy groups -OCH3 is 1. The van der Waals surface area contributed by atoms with Gasteiger partial charge in [-0.15, -0.1) is 11.8 Å². The SMILES string of the molecule is COc1cc2c(Oc3ccc(NC(=O)NN4C(=O)C=CSC4c4ccc(F)c(F)c4)cc3Br)ccnc2cc1OCCCN1CCN(C)CC1. The van der Waals surface area contributed by atoms with Crippen molar-refractivity contribution in [1.82, 2.24) is 25.2 Å². The number of halogens is 3. The molecule has 3 aromatic carbocycles. The topological polar surface area (TPSA) is 108 Å². The zero-order valence-electron chi connectivity index (χ0n) is 27.3. The number of amides is 3. The molecule has 50 heavy (non-hydrogen) atoms. The molecule has 11 nitrogen and oxygen atoms in total. The number of likely N-dealkylation sites (N-methyl/N-ethyl adjacent to an activating group) is 1. The summed E-state index contributed by atoms with van der Waals surface area (Å²) in [7, 11) is 3.74. The first-order valence-electron chi connectivity index (χ1n) is 15.8. The number of nitrogens with one attached hydrogen (secondary N) is 2. The van der Waals surface area contributed by atoms with E-state index in [0.717, 1.165) is 73.4 Å². The van der Waals surface area contributed by atoms with Crippen LogP contribution in [-0.2, 0) is 4.79 Å². The van der Waals surface area contributed by atoms with Crippen molar-refractivity contribution in [2.45, 2.75) is 11.8 Å². The second kappa shape index (κ2) is 16.1. The number of rotatable bonds is 11. The van der Waals surface area contributed by atoms with E-state index in [9.17, 15) is 18.4 Å². The van der Waals surface area contributed by atoms with Crippen molar-refractivity contribution in [3.63, 3.8) is 0 Å². The Morgan fingerprint density at radius 2 is 1.82 bits per heavy atom. The van der Waals surface area contributed by atoms with Crippen LogP contribution in [0.15, 0.2) is 76.8 Å². The van der Waals surface area contributed by atoms with E-state index in [-0.39, 0.29) is 0 Å². The predicted molar refractivity (Wildman–Crippen MR) is 191 cm³/mol. The third-order valence-corrected chi connectivity index (χ3v) is 9.86. The van der Waals surface area contributed by atoms with Crippen LogP contribution in [0, 0.1) is 11.6 Å². The lowest BCUT2D eigenvalue weighted by Gasteiger charge is -2.32. The van der Waals surface area contributed by atoms with Gasteiger partial charge < -0.3 is 29.3 Å². The molecular formula is C35H35BrF2N6O5S.